The van der Waals surface area contributed by atoms with E-state index in [4.69, 9.17) is 14.7 Å². The molecule has 114 valence electrons. The molecule has 0 unspecified atom stereocenters. The molecule has 1 aromatic carbocycles. The summed E-state index contributed by atoms with van der Waals surface area (Å²) in [4.78, 5) is 9.42. The zero-order chi connectivity index (χ0) is 15.6. The summed E-state index contributed by atoms with van der Waals surface area (Å²) < 4.78 is 5.77. The maximum atomic E-state index is 5.77. The minimum absolute atomic E-state index is 0.114. The number of hydrogen-bond donors (Lipinski definition) is 0. The highest BCUT2D eigenvalue weighted by atomic mass is 16.5. The van der Waals surface area contributed by atoms with Crippen molar-refractivity contribution in [1.82, 2.24) is 4.98 Å². The van der Waals surface area contributed by atoms with Gasteiger partial charge in [-0.25, -0.2) is 9.98 Å². The first-order valence-electron chi connectivity index (χ1n) is 7.73. The monoisotopic (exact) mass is 294 g/mol. The zero-order valence-electron chi connectivity index (χ0n) is 13.4. The van der Waals surface area contributed by atoms with E-state index in [1.165, 1.54) is 5.56 Å². The molecule has 0 spiro atoms. The van der Waals surface area contributed by atoms with Crippen LogP contribution in [0.1, 0.15) is 37.7 Å². The van der Waals surface area contributed by atoms with Crippen molar-refractivity contribution < 1.29 is 4.74 Å². The molecular weight excluding hydrogens is 272 g/mol. The standard InChI is InChI=1S/C19H22N2O/c1-19(2,3)17-13-22-18(21-17)16-11-7-10-15(20-16)12-14-8-5-4-6-9-14/h4-11,17H,12-13H2,1-3H3/t17-/m1/s1. The van der Waals surface area contributed by atoms with Gasteiger partial charge in [-0.2, -0.15) is 0 Å². The van der Waals surface area contributed by atoms with E-state index in [9.17, 15) is 0 Å². The zero-order valence-corrected chi connectivity index (χ0v) is 13.4. The SMILES string of the molecule is CC(C)(C)[C@H]1COC(c2cccc(Cc3ccccc3)n2)=N1. The molecule has 1 aromatic heterocycles. The first-order chi connectivity index (χ1) is 10.5. The number of rotatable bonds is 3. The van der Waals surface area contributed by atoms with Crippen LogP contribution in [0.5, 0.6) is 0 Å². The van der Waals surface area contributed by atoms with Crippen LogP contribution in [0.2, 0.25) is 0 Å². The molecule has 0 bridgehead atoms. The maximum Gasteiger partial charge on any atom is 0.235 e. The van der Waals surface area contributed by atoms with E-state index in [-0.39, 0.29) is 11.5 Å². The second-order valence-corrected chi connectivity index (χ2v) is 6.80. The molecule has 0 saturated carbocycles. The third-order valence-corrected chi connectivity index (χ3v) is 3.90. The van der Waals surface area contributed by atoms with Crippen molar-refractivity contribution in [2.24, 2.45) is 10.4 Å². The van der Waals surface area contributed by atoms with Crippen LogP contribution in [0.25, 0.3) is 0 Å². The van der Waals surface area contributed by atoms with E-state index < -0.39 is 0 Å². The van der Waals surface area contributed by atoms with Crippen LogP contribution < -0.4 is 0 Å². The van der Waals surface area contributed by atoms with Crippen LogP contribution >= 0.6 is 0 Å². The number of ether oxygens (including phenoxy) is 1. The van der Waals surface area contributed by atoms with Crippen LogP contribution in [0.3, 0.4) is 0 Å². The Kier molecular flexibility index (Phi) is 3.97. The molecule has 3 nitrogen and oxygen atoms in total. The van der Waals surface area contributed by atoms with Gasteiger partial charge >= 0.3 is 0 Å². The van der Waals surface area contributed by atoms with Crippen LogP contribution in [0.15, 0.2) is 53.5 Å². The van der Waals surface area contributed by atoms with E-state index in [0.29, 0.717) is 12.5 Å². The summed E-state index contributed by atoms with van der Waals surface area (Å²) in [6.45, 7) is 7.20. The molecule has 22 heavy (non-hydrogen) atoms. The van der Waals surface area contributed by atoms with Crippen molar-refractivity contribution in [2.75, 3.05) is 6.61 Å². The van der Waals surface area contributed by atoms with Crippen LogP contribution in [-0.2, 0) is 11.2 Å². The van der Waals surface area contributed by atoms with Crippen molar-refractivity contribution in [3.63, 3.8) is 0 Å². The Hall–Kier alpha value is -2.16. The summed E-state index contributed by atoms with van der Waals surface area (Å²) in [5.74, 6) is 0.676. The molecule has 1 aliphatic heterocycles. The van der Waals surface area contributed by atoms with Crippen molar-refractivity contribution in [1.29, 1.82) is 0 Å². The fourth-order valence-electron chi connectivity index (χ4n) is 2.46. The van der Waals surface area contributed by atoms with Gasteiger partial charge in [-0.1, -0.05) is 57.2 Å². The molecule has 3 rings (SSSR count). The third kappa shape index (κ3) is 3.35. The van der Waals surface area contributed by atoms with Gasteiger partial charge in [-0.15, -0.1) is 0 Å². The Balaban J connectivity index is 1.80. The lowest BCUT2D eigenvalue weighted by Gasteiger charge is -2.21. The van der Waals surface area contributed by atoms with Crippen molar-refractivity contribution in [3.8, 4) is 0 Å². The summed E-state index contributed by atoms with van der Waals surface area (Å²) in [5.41, 5.74) is 3.24. The summed E-state index contributed by atoms with van der Waals surface area (Å²) in [7, 11) is 0. The fourth-order valence-corrected chi connectivity index (χ4v) is 2.46. The molecule has 0 radical (unpaired) electrons. The van der Waals surface area contributed by atoms with Crippen molar-refractivity contribution in [2.45, 2.75) is 33.2 Å². The Labute approximate surface area is 132 Å². The van der Waals surface area contributed by atoms with E-state index in [1.54, 1.807) is 0 Å². The predicted octanol–water partition coefficient (Wildman–Crippen LogP) is 3.86. The smallest absolute Gasteiger partial charge is 0.235 e. The van der Waals surface area contributed by atoms with Crippen LogP contribution in [-0.4, -0.2) is 23.5 Å². The molecule has 0 N–H and O–H groups in total. The van der Waals surface area contributed by atoms with Crippen LogP contribution in [0.4, 0.5) is 0 Å². The molecule has 1 aliphatic rings. The summed E-state index contributed by atoms with van der Waals surface area (Å²) >= 11 is 0. The number of aromatic nitrogens is 1. The number of nitrogens with zero attached hydrogens (tertiary/aromatic N) is 2. The van der Waals surface area contributed by atoms with Gasteiger partial charge in [0.15, 0.2) is 0 Å². The second-order valence-electron chi connectivity index (χ2n) is 6.80. The normalized spacial score (nSPS) is 18.0. The lowest BCUT2D eigenvalue weighted by molar-refractivity contribution is 0.235. The summed E-state index contributed by atoms with van der Waals surface area (Å²) in [6.07, 6.45) is 0.824. The molecule has 0 aliphatic carbocycles. The van der Waals surface area contributed by atoms with Gasteiger partial charge < -0.3 is 4.74 Å². The Morgan fingerprint density at radius 2 is 1.82 bits per heavy atom. The highest BCUT2D eigenvalue weighted by Gasteiger charge is 2.31. The maximum absolute atomic E-state index is 5.77. The quantitative estimate of drug-likeness (QED) is 0.861. The van der Waals surface area contributed by atoms with Gasteiger partial charge in [0.25, 0.3) is 0 Å². The molecule has 0 saturated heterocycles. The molecule has 2 heterocycles. The number of aliphatic imine (C=N–C) groups is 1. The lowest BCUT2D eigenvalue weighted by atomic mass is 9.88. The van der Waals surface area contributed by atoms with Gasteiger partial charge in [-0.3, -0.25) is 0 Å². The molecule has 0 amide bonds. The van der Waals surface area contributed by atoms with Gasteiger partial charge in [0.05, 0.1) is 6.04 Å². The predicted molar refractivity (Wildman–Crippen MR) is 89.2 cm³/mol. The number of pyridine rings is 1. The minimum Gasteiger partial charge on any atom is -0.474 e. The summed E-state index contributed by atoms with van der Waals surface area (Å²) in [6, 6.07) is 16.6. The average Bonchev–Trinajstić information content (AvgIpc) is 2.99. The summed E-state index contributed by atoms with van der Waals surface area (Å²) in [5, 5.41) is 0. The highest BCUT2D eigenvalue weighted by molar-refractivity contribution is 5.93. The largest absolute Gasteiger partial charge is 0.474 e. The average molecular weight is 294 g/mol. The first kappa shape index (κ1) is 14.8. The molecule has 2 aromatic rings. The lowest BCUT2D eigenvalue weighted by Crippen LogP contribution is -2.25. The third-order valence-electron chi connectivity index (χ3n) is 3.90. The minimum atomic E-state index is 0.114. The van der Waals surface area contributed by atoms with E-state index in [1.807, 2.05) is 24.3 Å². The van der Waals surface area contributed by atoms with Crippen molar-refractivity contribution in [3.05, 3.63) is 65.5 Å². The number of hydrogen-bond acceptors (Lipinski definition) is 3. The van der Waals surface area contributed by atoms with Gasteiger partial charge in [-0.05, 0) is 23.1 Å². The molecule has 0 fully saturated rings. The Morgan fingerprint density at radius 1 is 1.05 bits per heavy atom. The molecular formula is C19H22N2O. The topological polar surface area (TPSA) is 34.5 Å². The van der Waals surface area contributed by atoms with Gasteiger partial charge in [0, 0.05) is 12.1 Å². The Morgan fingerprint density at radius 3 is 2.50 bits per heavy atom. The van der Waals surface area contributed by atoms with E-state index >= 15 is 0 Å². The van der Waals surface area contributed by atoms with Gasteiger partial charge in [0.2, 0.25) is 5.90 Å². The fraction of sp³-hybridized carbons (Fsp3) is 0.368. The van der Waals surface area contributed by atoms with Crippen LogP contribution in [0, 0.1) is 5.41 Å². The Bertz CT molecular complexity index is 671. The molecule has 3 heteroatoms. The van der Waals surface area contributed by atoms with E-state index in [2.05, 4.69) is 45.0 Å². The highest BCUT2D eigenvalue weighted by Crippen LogP contribution is 2.27. The van der Waals surface area contributed by atoms with Gasteiger partial charge in [0.1, 0.15) is 12.3 Å². The molecule has 1 atom stereocenters. The first-order valence-corrected chi connectivity index (χ1v) is 7.73. The number of benzene rings is 1. The second kappa shape index (κ2) is 5.91. The van der Waals surface area contributed by atoms with Crippen molar-refractivity contribution >= 4 is 5.90 Å². The van der Waals surface area contributed by atoms with E-state index in [0.717, 1.165) is 17.8 Å².